The number of fused-ring (bicyclic) bond motifs is 1. The summed E-state index contributed by atoms with van der Waals surface area (Å²) in [5, 5.41) is 0. The molecule has 0 atom stereocenters. The van der Waals surface area contributed by atoms with Crippen LogP contribution in [0.3, 0.4) is 0 Å². The third-order valence-corrected chi connectivity index (χ3v) is 4.06. The Hall–Kier alpha value is -1.68. The van der Waals surface area contributed by atoms with Gasteiger partial charge < -0.3 is 9.64 Å². The highest BCUT2D eigenvalue weighted by molar-refractivity contribution is 6.11. The standard InChI is InChI=1S/C15H17NO3/c1-9-11-4-5-12(17)10(2)13(11)16(14(9)18)6-15(3)7-19-8-15/h4-5H,6-8H2,1-3H3. The summed E-state index contributed by atoms with van der Waals surface area (Å²) in [6, 6.07) is 0. The average Bonchev–Trinajstić information content (AvgIpc) is 2.57. The molecule has 3 aliphatic rings. The summed E-state index contributed by atoms with van der Waals surface area (Å²) in [4.78, 5) is 26.0. The molecule has 0 aromatic heterocycles. The molecule has 1 amide bonds. The Bertz CT molecular complexity index is 576. The van der Waals surface area contributed by atoms with Crippen molar-refractivity contribution in [2.24, 2.45) is 5.41 Å². The van der Waals surface area contributed by atoms with Crippen LogP contribution in [0.4, 0.5) is 0 Å². The smallest absolute Gasteiger partial charge is 0.254 e. The van der Waals surface area contributed by atoms with Crippen LogP contribution in [0.25, 0.3) is 0 Å². The molecule has 2 aliphatic heterocycles. The van der Waals surface area contributed by atoms with E-state index in [-0.39, 0.29) is 17.1 Å². The van der Waals surface area contributed by atoms with Crippen molar-refractivity contribution in [2.45, 2.75) is 20.8 Å². The Morgan fingerprint density at radius 2 is 1.89 bits per heavy atom. The first kappa shape index (κ1) is 12.4. The molecule has 1 saturated heterocycles. The molecule has 0 N–H and O–H groups in total. The highest BCUT2D eigenvalue weighted by Gasteiger charge is 2.42. The van der Waals surface area contributed by atoms with Gasteiger partial charge in [-0.25, -0.2) is 0 Å². The van der Waals surface area contributed by atoms with Gasteiger partial charge in [0, 0.05) is 28.7 Å². The second-order valence-corrected chi connectivity index (χ2v) is 5.90. The second kappa shape index (κ2) is 3.90. The SMILES string of the molecule is CC1=C2C=CC(=O)C(C)=C2N(CC2(C)COC2)C1=O. The van der Waals surface area contributed by atoms with Crippen molar-refractivity contribution in [1.82, 2.24) is 4.90 Å². The molecule has 0 aromatic carbocycles. The first-order valence-corrected chi connectivity index (χ1v) is 6.47. The van der Waals surface area contributed by atoms with Crippen molar-refractivity contribution in [2.75, 3.05) is 19.8 Å². The lowest BCUT2D eigenvalue weighted by atomic mass is 9.87. The van der Waals surface area contributed by atoms with Gasteiger partial charge in [0.25, 0.3) is 5.91 Å². The highest BCUT2D eigenvalue weighted by Crippen LogP contribution is 2.39. The Labute approximate surface area is 112 Å². The van der Waals surface area contributed by atoms with Crippen LogP contribution in [0.15, 0.2) is 34.6 Å². The number of carbonyl (C=O) groups is 2. The summed E-state index contributed by atoms with van der Waals surface area (Å²) in [7, 11) is 0. The van der Waals surface area contributed by atoms with Gasteiger partial charge >= 0.3 is 0 Å². The molecule has 2 heterocycles. The van der Waals surface area contributed by atoms with E-state index in [9.17, 15) is 9.59 Å². The fourth-order valence-electron chi connectivity index (χ4n) is 2.83. The van der Waals surface area contributed by atoms with E-state index < -0.39 is 0 Å². The van der Waals surface area contributed by atoms with Gasteiger partial charge in [0.15, 0.2) is 5.78 Å². The molecular weight excluding hydrogens is 242 g/mol. The molecule has 0 bridgehead atoms. The van der Waals surface area contributed by atoms with Gasteiger partial charge in [-0.1, -0.05) is 6.92 Å². The Morgan fingerprint density at radius 3 is 2.47 bits per heavy atom. The number of allylic oxidation sites excluding steroid dienone is 3. The Morgan fingerprint density at radius 1 is 1.21 bits per heavy atom. The molecule has 4 nitrogen and oxygen atoms in total. The average molecular weight is 259 g/mol. The van der Waals surface area contributed by atoms with Crippen LogP contribution in [0.5, 0.6) is 0 Å². The van der Waals surface area contributed by atoms with E-state index in [2.05, 4.69) is 6.92 Å². The zero-order valence-electron chi connectivity index (χ0n) is 11.4. The number of hydrogen-bond donors (Lipinski definition) is 0. The van der Waals surface area contributed by atoms with E-state index in [0.29, 0.717) is 25.3 Å². The van der Waals surface area contributed by atoms with Crippen LogP contribution in [-0.2, 0) is 14.3 Å². The molecule has 1 aliphatic carbocycles. The minimum absolute atomic E-state index is 0.00286. The molecule has 3 rings (SSSR count). The zero-order chi connectivity index (χ0) is 13.8. The number of amides is 1. The molecule has 0 spiro atoms. The fourth-order valence-corrected chi connectivity index (χ4v) is 2.83. The van der Waals surface area contributed by atoms with Crippen LogP contribution in [0.1, 0.15) is 20.8 Å². The molecule has 0 saturated carbocycles. The molecule has 0 radical (unpaired) electrons. The monoisotopic (exact) mass is 259 g/mol. The van der Waals surface area contributed by atoms with Gasteiger partial charge in [-0.2, -0.15) is 0 Å². The first-order valence-electron chi connectivity index (χ1n) is 6.47. The molecule has 4 heteroatoms. The van der Waals surface area contributed by atoms with Crippen LogP contribution < -0.4 is 0 Å². The van der Waals surface area contributed by atoms with Crippen LogP contribution in [0.2, 0.25) is 0 Å². The van der Waals surface area contributed by atoms with E-state index in [1.807, 2.05) is 6.92 Å². The largest absolute Gasteiger partial charge is 0.380 e. The van der Waals surface area contributed by atoms with Crippen molar-refractivity contribution in [3.8, 4) is 0 Å². The van der Waals surface area contributed by atoms with Crippen molar-refractivity contribution < 1.29 is 14.3 Å². The summed E-state index contributed by atoms with van der Waals surface area (Å²) >= 11 is 0. The van der Waals surface area contributed by atoms with Gasteiger partial charge in [-0.3, -0.25) is 9.59 Å². The normalized spacial score (nSPS) is 25.1. The third kappa shape index (κ3) is 1.70. The molecule has 19 heavy (non-hydrogen) atoms. The van der Waals surface area contributed by atoms with E-state index in [0.717, 1.165) is 16.8 Å². The lowest BCUT2D eigenvalue weighted by Gasteiger charge is -2.41. The fraction of sp³-hybridized carbons (Fsp3) is 0.467. The molecule has 100 valence electrons. The molecule has 0 aromatic rings. The van der Waals surface area contributed by atoms with Crippen LogP contribution >= 0.6 is 0 Å². The van der Waals surface area contributed by atoms with Crippen molar-refractivity contribution in [3.05, 3.63) is 34.6 Å². The number of nitrogens with zero attached hydrogens (tertiary/aromatic N) is 1. The quantitative estimate of drug-likeness (QED) is 0.756. The molecular formula is C15H17NO3. The van der Waals surface area contributed by atoms with Crippen molar-refractivity contribution in [1.29, 1.82) is 0 Å². The van der Waals surface area contributed by atoms with E-state index >= 15 is 0 Å². The Kier molecular flexibility index (Phi) is 2.54. The van der Waals surface area contributed by atoms with Gasteiger partial charge in [0.1, 0.15) is 0 Å². The minimum atomic E-state index is -0.0127. The van der Waals surface area contributed by atoms with Crippen molar-refractivity contribution in [3.63, 3.8) is 0 Å². The van der Waals surface area contributed by atoms with Crippen molar-refractivity contribution >= 4 is 11.7 Å². The Balaban J connectivity index is 2.00. The maximum absolute atomic E-state index is 12.4. The lowest BCUT2D eigenvalue weighted by molar-refractivity contribution is -0.136. The van der Waals surface area contributed by atoms with Gasteiger partial charge in [0.05, 0.1) is 18.9 Å². The van der Waals surface area contributed by atoms with E-state index in [1.165, 1.54) is 0 Å². The number of rotatable bonds is 2. The first-order chi connectivity index (χ1) is 8.93. The highest BCUT2D eigenvalue weighted by atomic mass is 16.5. The topological polar surface area (TPSA) is 46.6 Å². The van der Waals surface area contributed by atoms with Crippen LogP contribution in [0, 0.1) is 5.41 Å². The zero-order valence-corrected chi connectivity index (χ0v) is 11.4. The van der Waals surface area contributed by atoms with Gasteiger partial charge in [-0.05, 0) is 26.0 Å². The summed E-state index contributed by atoms with van der Waals surface area (Å²) in [6.45, 7) is 7.67. The predicted molar refractivity (Wildman–Crippen MR) is 70.2 cm³/mol. The van der Waals surface area contributed by atoms with Gasteiger partial charge in [-0.15, -0.1) is 0 Å². The molecule has 0 unspecified atom stereocenters. The lowest BCUT2D eigenvalue weighted by Crippen LogP contribution is -2.49. The summed E-state index contributed by atoms with van der Waals surface area (Å²) in [6.07, 6.45) is 3.31. The van der Waals surface area contributed by atoms with E-state index in [1.54, 1.807) is 24.0 Å². The third-order valence-electron chi connectivity index (χ3n) is 4.06. The predicted octanol–water partition coefficient (Wildman–Crippen LogP) is 1.59. The number of carbonyl (C=O) groups excluding carboxylic acids is 2. The summed E-state index contributed by atoms with van der Waals surface area (Å²) < 4.78 is 5.25. The summed E-state index contributed by atoms with van der Waals surface area (Å²) in [5.41, 5.74) is 3.07. The van der Waals surface area contributed by atoms with Crippen LogP contribution in [-0.4, -0.2) is 36.3 Å². The second-order valence-electron chi connectivity index (χ2n) is 5.90. The maximum atomic E-state index is 12.4. The van der Waals surface area contributed by atoms with E-state index in [4.69, 9.17) is 4.74 Å². The maximum Gasteiger partial charge on any atom is 0.254 e. The van der Waals surface area contributed by atoms with Gasteiger partial charge in [0.2, 0.25) is 0 Å². The number of ether oxygens (including phenoxy) is 1. The number of ketones is 1. The molecule has 1 fully saturated rings. The minimum Gasteiger partial charge on any atom is -0.380 e. The summed E-state index contributed by atoms with van der Waals surface area (Å²) in [5.74, 6) is -0.00177. The number of hydrogen-bond acceptors (Lipinski definition) is 3.